The third-order valence-electron chi connectivity index (χ3n) is 23.6. The molecule has 4 aromatic carbocycles. The second-order valence-corrected chi connectivity index (χ2v) is 31.1. The molecule has 6 aliphatic carbocycles. The lowest BCUT2D eigenvalue weighted by atomic mass is 9.44. The van der Waals surface area contributed by atoms with Gasteiger partial charge in [-0.25, -0.2) is 0 Å². The highest BCUT2D eigenvalue weighted by atomic mass is 33.1. The summed E-state index contributed by atoms with van der Waals surface area (Å²) in [5.74, 6) is 17.6. The molecule has 6 aliphatic heterocycles. The summed E-state index contributed by atoms with van der Waals surface area (Å²) >= 11 is 0. The molecular weight excluding hydrogens is 1180 g/mol. The van der Waals surface area contributed by atoms with E-state index in [1.807, 2.05) is 27.7 Å². The van der Waals surface area contributed by atoms with Crippen LogP contribution in [0.3, 0.4) is 0 Å². The third kappa shape index (κ3) is 9.90. The van der Waals surface area contributed by atoms with Crippen LogP contribution in [0.2, 0.25) is 0 Å². The van der Waals surface area contributed by atoms with E-state index in [-0.39, 0.29) is 78.4 Å². The number of rotatable bonds is 6. The predicted octanol–water partition coefficient (Wildman–Crippen LogP) is 11.5. The SMILES string of the molecule is COC[C@@H]1[C@H](CO)CNCc2c(O)c3c(c4c2[C@H]2C#CC5=C(C=CC(N)N5)[C@@H]5[C@@]6(C=C[C@H]7CCCC[C@@]57c5cccc(c5)C[C@H]1C#C2)CC[C@]1(Cc2cc(O)cc(OC)c2-c2ccc5c(c21)O[C@H]4[C@H]5COC(C)=O)C6)C=C[C@@H]1N[C@@H]2CCC[C@H](CSSC[C@H]1O3)C2. The number of aliphatic hydroxyl groups excluding tert-OH is 1. The molecule has 13 nitrogen and oxygen atoms in total. The Hall–Kier alpha value is -6.27. The maximum atomic E-state index is 13.7. The average Bonchev–Trinajstić information content (AvgIpc) is 1.62. The largest absolute Gasteiger partial charge is 0.508 e. The molecule has 6 heterocycles. The van der Waals surface area contributed by atoms with E-state index in [1.54, 1.807) is 20.3 Å². The maximum absolute atomic E-state index is 13.7. The van der Waals surface area contributed by atoms with E-state index in [1.165, 1.54) is 30.9 Å². The number of aromatic hydroxyl groups is 2. The Morgan fingerprint density at radius 2 is 1.81 bits per heavy atom. The highest BCUT2D eigenvalue weighted by Crippen LogP contribution is 2.72. The molecule has 15 heteroatoms. The Morgan fingerprint density at radius 1 is 0.912 bits per heavy atom. The lowest BCUT2D eigenvalue weighted by Gasteiger charge is -2.59. The van der Waals surface area contributed by atoms with Crippen molar-refractivity contribution in [1.29, 1.82) is 0 Å². The zero-order valence-corrected chi connectivity index (χ0v) is 54.0. The van der Waals surface area contributed by atoms with Gasteiger partial charge in [0.25, 0.3) is 0 Å². The van der Waals surface area contributed by atoms with Crippen molar-refractivity contribution in [3.63, 3.8) is 0 Å². The number of phenols is 2. The minimum atomic E-state index is -0.864. The lowest BCUT2D eigenvalue weighted by Crippen LogP contribution is -2.55. The molecule has 1 saturated heterocycles. The van der Waals surface area contributed by atoms with E-state index in [9.17, 15) is 20.1 Å². The molecule has 8 N–H and O–H groups in total. The van der Waals surface area contributed by atoms with Crippen molar-refractivity contribution in [2.75, 3.05) is 52.1 Å². The zero-order chi connectivity index (χ0) is 61.9. The van der Waals surface area contributed by atoms with Crippen molar-refractivity contribution in [3.8, 4) is 63.6 Å². The molecule has 3 saturated carbocycles. The Morgan fingerprint density at radius 3 is 2.68 bits per heavy atom. The van der Waals surface area contributed by atoms with Crippen LogP contribution in [0.25, 0.3) is 17.2 Å². The summed E-state index contributed by atoms with van der Waals surface area (Å²) in [5, 5.41) is 48.8. The molecule has 0 amide bonds. The van der Waals surface area contributed by atoms with Crippen molar-refractivity contribution in [2.24, 2.45) is 46.7 Å². The Kier molecular flexibility index (Phi) is 15.5. The molecule has 1 unspecified atom stereocenters. The molecule has 0 radical (unpaired) electrons. The minimum Gasteiger partial charge on any atom is -0.508 e. The number of ether oxygens (including phenoxy) is 5. The van der Waals surface area contributed by atoms with Crippen molar-refractivity contribution < 1.29 is 43.8 Å². The summed E-state index contributed by atoms with van der Waals surface area (Å²) < 4.78 is 34.5. The summed E-state index contributed by atoms with van der Waals surface area (Å²) in [5.41, 5.74) is 17.9. The molecule has 474 valence electrons. The molecule has 4 aromatic rings. The number of benzene rings is 4. The summed E-state index contributed by atoms with van der Waals surface area (Å²) in [6.07, 6.45) is 24.9. The van der Waals surface area contributed by atoms with Gasteiger partial charge in [-0.3, -0.25) is 4.79 Å². The molecule has 4 fully saturated rings. The standard InChI is InChI=1S/C76H84N4O9S2/c1-42(82)87-38-59-53-16-17-55-65-47(31-52(83)32-62(65)86-3)33-75-27-26-74(41-75)25-23-49-10-4-5-24-76(49)50-11-6-8-43(29-50)28-46-14-13-45(15-20-60-54(73(74)76)19-22-64(77)80-60)66-57(35-78-34-48(36-81)58(46)37-85-2)69(84)72-56(67(66)70(59)89-71(53)68(55)75)18-21-61-63(88-72)40-91-90-39-44-9-7-12-51(30-44)79-61/h6,8,11,16-19,21-23,25,29,31-32,44-46,48-49,51,58-59,61,63-64,70,73,78-81,83-84H,4-5,7,9-10,12,24,26-28,30,33-41,77H2,1-3H3/t44-,45+,46+,48-,49+,51+,58-,59-,61-,63+,64?,70-,73+,74-,75-,76+/m0/s1. The number of esters is 1. The summed E-state index contributed by atoms with van der Waals surface area (Å²) in [6, 6.07) is 17.7. The van der Waals surface area contributed by atoms with Crippen LogP contribution in [0, 0.1) is 64.6 Å². The van der Waals surface area contributed by atoms with Crippen molar-refractivity contribution in [3.05, 3.63) is 140 Å². The monoisotopic (exact) mass is 1260 g/mol. The number of hydrogen-bond donors (Lipinski definition) is 7. The summed E-state index contributed by atoms with van der Waals surface area (Å²) in [6.45, 7) is 2.31. The molecule has 12 aliphatic rings. The number of methoxy groups -OCH3 is 2. The number of nitrogens with two attached hydrogens (primary N) is 1. The molecule has 91 heavy (non-hydrogen) atoms. The second kappa shape index (κ2) is 23.6. The Balaban J connectivity index is 1.05. The maximum Gasteiger partial charge on any atom is 0.302 e. The number of aliphatic hydroxyl groups is 1. The van der Waals surface area contributed by atoms with Gasteiger partial charge in [0.1, 0.15) is 42.0 Å². The van der Waals surface area contributed by atoms with Gasteiger partial charge in [-0.1, -0.05) is 125 Å². The van der Waals surface area contributed by atoms with Crippen LogP contribution in [-0.2, 0) is 44.5 Å². The molecule has 3 spiro atoms. The number of dihydropyridines is 1. The van der Waals surface area contributed by atoms with E-state index in [0.29, 0.717) is 71.9 Å². The average molecular weight is 1260 g/mol. The van der Waals surface area contributed by atoms with E-state index in [4.69, 9.17) is 29.4 Å². The lowest BCUT2D eigenvalue weighted by molar-refractivity contribution is -0.141. The van der Waals surface area contributed by atoms with Gasteiger partial charge in [-0.15, -0.1) is 0 Å². The predicted molar refractivity (Wildman–Crippen MR) is 357 cm³/mol. The Bertz CT molecular complexity index is 3890. The highest BCUT2D eigenvalue weighted by Gasteiger charge is 2.64. The second-order valence-electron chi connectivity index (χ2n) is 28.5. The van der Waals surface area contributed by atoms with Crippen LogP contribution in [0.1, 0.15) is 146 Å². The number of phenolic OH excluding ortho intramolecular Hbond substituents is 2. The number of carbonyl (C=O) groups excluding carboxylic acids is 1. The zero-order valence-electron chi connectivity index (χ0n) is 52.4. The first-order valence-corrected chi connectivity index (χ1v) is 36.1. The van der Waals surface area contributed by atoms with E-state index < -0.39 is 40.9 Å². The molecule has 16 atom stereocenters. The van der Waals surface area contributed by atoms with E-state index in [2.05, 4.69) is 112 Å². The number of nitrogens with one attached hydrogen (secondary N) is 3. The Labute approximate surface area is 542 Å². The third-order valence-corrected chi connectivity index (χ3v) is 26.1. The van der Waals surface area contributed by atoms with Crippen LogP contribution in [-0.4, -0.2) is 97.7 Å². The van der Waals surface area contributed by atoms with Gasteiger partial charge in [0, 0.05) is 125 Å². The fourth-order valence-electron chi connectivity index (χ4n) is 19.8. The first-order valence-electron chi connectivity index (χ1n) is 33.6. The van der Waals surface area contributed by atoms with E-state index >= 15 is 0 Å². The van der Waals surface area contributed by atoms with Crippen LogP contribution < -0.4 is 35.9 Å². The van der Waals surface area contributed by atoms with Crippen LogP contribution in [0.4, 0.5) is 0 Å². The minimum absolute atomic E-state index is 0.00505. The summed E-state index contributed by atoms with van der Waals surface area (Å²) in [7, 11) is 7.19. The van der Waals surface area contributed by atoms with Crippen LogP contribution in [0.5, 0.6) is 28.7 Å². The highest BCUT2D eigenvalue weighted by molar-refractivity contribution is 8.76. The number of allylic oxidation sites excluding steroid dienone is 5. The smallest absolute Gasteiger partial charge is 0.302 e. The van der Waals surface area contributed by atoms with Crippen LogP contribution >= 0.6 is 21.6 Å². The molecular formula is C76H84N4O9S2. The van der Waals surface area contributed by atoms with Crippen molar-refractivity contribution in [2.45, 2.75) is 150 Å². The van der Waals surface area contributed by atoms with Gasteiger partial charge < -0.3 is 60.7 Å². The van der Waals surface area contributed by atoms with E-state index in [0.717, 1.165) is 114 Å². The van der Waals surface area contributed by atoms with Gasteiger partial charge in [0.15, 0.2) is 11.5 Å². The van der Waals surface area contributed by atoms with Gasteiger partial charge in [0.05, 0.1) is 37.5 Å². The van der Waals surface area contributed by atoms with Gasteiger partial charge in [0.2, 0.25) is 0 Å². The topological polar surface area (TPSA) is 186 Å². The van der Waals surface area contributed by atoms with Gasteiger partial charge in [-0.05, 0) is 133 Å². The van der Waals surface area contributed by atoms with Crippen LogP contribution in [0.15, 0.2) is 90.2 Å². The van der Waals surface area contributed by atoms with Crippen molar-refractivity contribution >= 4 is 33.6 Å². The fourth-order valence-corrected chi connectivity index (χ4v) is 22.5. The normalized spacial score (nSPS) is 35.0. The van der Waals surface area contributed by atoms with Gasteiger partial charge >= 0.3 is 5.97 Å². The fraction of sp³-hybridized carbons (Fsp3) is 0.513. The number of carbonyl (C=O) groups is 1. The van der Waals surface area contributed by atoms with Crippen molar-refractivity contribution in [1.82, 2.24) is 16.0 Å². The number of hydrogen-bond acceptors (Lipinski definition) is 15. The number of fused-ring (bicyclic) bond motifs is 12. The summed E-state index contributed by atoms with van der Waals surface area (Å²) in [4.78, 5) is 13.5. The first-order chi connectivity index (χ1) is 44.4. The molecule has 11 bridgehead atoms. The van der Waals surface area contributed by atoms with Gasteiger partial charge in [-0.2, -0.15) is 0 Å². The molecule has 16 rings (SSSR count). The molecule has 0 aromatic heterocycles. The first kappa shape index (κ1) is 59.7. The quantitative estimate of drug-likeness (QED) is 0.0418.